The van der Waals surface area contributed by atoms with E-state index in [1.807, 2.05) is 0 Å². The van der Waals surface area contributed by atoms with Crippen LogP contribution in [0.5, 0.6) is 23.0 Å². The normalized spacial score (nSPS) is 9.36. The molecule has 0 heterocycles. The van der Waals surface area contributed by atoms with Gasteiger partial charge in [-0.25, -0.2) is 19.2 Å². The van der Waals surface area contributed by atoms with Gasteiger partial charge in [0.2, 0.25) is 0 Å². The fourth-order valence-corrected chi connectivity index (χ4v) is 3.81. The second-order valence-electron chi connectivity index (χ2n) is 9.72. The van der Waals surface area contributed by atoms with Crippen LogP contribution in [0, 0.1) is 35.5 Å². The number of rotatable bonds is 8. The summed E-state index contributed by atoms with van der Waals surface area (Å²) in [5.74, 6) is 16.1. The van der Waals surface area contributed by atoms with Crippen molar-refractivity contribution < 1.29 is 38.1 Å². The van der Waals surface area contributed by atoms with Crippen LogP contribution >= 0.6 is 0 Å². The molecule has 0 aromatic heterocycles. The van der Waals surface area contributed by atoms with Crippen molar-refractivity contribution in [1.29, 1.82) is 0 Å². The van der Waals surface area contributed by atoms with Crippen LogP contribution in [0.15, 0.2) is 136 Å². The Morgan fingerprint density at radius 3 is 0.960 bits per heavy atom. The fraction of sp³-hybridized carbons (Fsp3) is 0. The number of esters is 4. The highest BCUT2D eigenvalue weighted by molar-refractivity contribution is 5.86. The molecule has 0 N–H and O–H groups in total. The number of hydrogen-bond donors (Lipinski definition) is 0. The van der Waals surface area contributed by atoms with E-state index >= 15 is 0 Å². The zero-order chi connectivity index (χ0) is 35.9. The van der Waals surface area contributed by atoms with Gasteiger partial charge in [0.1, 0.15) is 23.0 Å². The van der Waals surface area contributed by atoms with Gasteiger partial charge in [-0.1, -0.05) is 61.8 Å². The third-order valence-corrected chi connectivity index (χ3v) is 6.23. The summed E-state index contributed by atoms with van der Waals surface area (Å²) in [4.78, 5) is 47.2. The molecule has 4 rings (SSSR count). The summed E-state index contributed by atoms with van der Waals surface area (Å²) in [5.41, 5.74) is 3.08. The third-order valence-electron chi connectivity index (χ3n) is 6.23. The lowest BCUT2D eigenvalue weighted by Crippen LogP contribution is -2.08. The van der Waals surface area contributed by atoms with Crippen LogP contribution in [-0.4, -0.2) is 23.9 Å². The molecule has 0 aliphatic carbocycles. The minimum absolute atomic E-state index is 0.0548. The number of carbonyl (C=O) groups is 4. The average Bonchev–Trinajstić information content (AvgIpc) is 3.14. The Labute approximate surface area is 289 Å². The topological polar surface area (TPSA) is 105 Å². The van der Waals surface area contributed by atoms with Crippen LogP contribution in [0.4, 0.5) is 0 Å². The van der Waals surface area contributed by atoms with E-state index in [4.69, 9.17) is 18.9 Å². The fourth-order valence-electron chi connectivity index (χ4n) is 3.81. The highest BCUT2D eigenvalue weighted by atomic mass is 16.5. The van der Waals surface area contributed by atoms with E-state index in [0.29, 0.717) is 22.6 Å². The quantitative estimate of drug-likeness (QED) is 0.0947. The van der Waals surface area contributed by atoms with Gasteiger partial charge < -0.3 is 18.9 Å². The van der Waals surface area contributed by atoms with Gasteiger partial charge >= 0.3 is 23.9 Å². The SMILES string of the molecule is C=CC(=O)Oc1ccc(C#Cc2ccc(C#Cc3cc(OC(=O)C=C)c(C#Cc4ccc(OC(=O)C=C)cc4)cc3OC(=O)C=C)cc2)cc1. The molecule has 8 nitrogen and oxygen atoms in total. The Hall–Kier alpha value is -7.60. The Morgan fingerprint density at radius 2 is 0.660 bits per heavy atom. The Kier molecular flexibility index (Phi) is 12.2. The van der Waals surface area contributed by atoms with E-state index in [-0.39, 0.29) is 22.6 Å². The molecule has 8 heteroatoms. The van der Waals surface area contributed by atoms with E-state index in [1.54, 1.807) is 72.8 Å². The minimum atomic E-state index is -0.736. The molecule has 242 valence electrons. The van der Waals surface area contributed by atoms with E-state index in [2.05, 4.69) is 61.8 Å². The number of benzene rings is 4. The van der Waals surface area contributed by atoms with Crippen molar-refractivity contribution in [3.05, 3.63) is 169 Å². The first-order chi connectivity index (χ1) is 24.2. The molecule has 0 unspecified atom stereocenters. The zero-order valence-electron chi connectivity index (χ0n) is 26.5. The summed E-state index contributed by atoms with van der Waals surface area (Å²) in [6.07, 6.45) is 4.13. The molecule has 0 atom stereocenters. The Bertz CT molecular complexity index is 2190. The van der Waals surface area contributed by atoms with Gasteiger partial charge in [0.05, 0.1) is 11.1 Å². The van der Waals surface area contributed by atoms with Gasteiger partial charge in [-0.05, 0) is 72.8 Å². The molecule has 50 heavy (non-hydrogen) atoms. The molecular weight excluding hydrogens is 632 g/mol. The predicted octanol–water partition coefficient (Wildman–Crippen LogP) is 6.25. The van der Waals surface area contributed by atoms with Crippen molar-refractivity contribution in [1.82, 2.24) is 0 Å². The third kappa shape index (κ3) is 10.5. The van der Waals surface area contributed by atoms with Crippen LogP contribution in [-0.2, 0) is 19.2 Å². The molecular formula is C42H26O8. The summed E-state index contributed by atoms with van der Waals surface area (Å²) in [6.45, 7) is 13.6. The maximum atomic E-state index is 12.2. The van der Waals surface area contributed by atoms with Crippen LogP contribution in [0.3, 0.4) is 0 Å². The average molecular weight is 659 g/mol. The number of carbonyl (C=O) groups excluding carboxylic acids is 4. The molecule has 0 radical (unpaired) electrons. The summed E-state index contributed by atoms with van der Waals surface area (Å²) in [5, 5.41) is 0. The lowest BCUT2D eigenvalue weighted by atomic mass is 10.1. The van der Waals surface area contributed by atoms with Crippen molar-refractivity contribution in [2.24, 2.45) is 0 Å². The first kappa shape index (κ1) is 35.3. The standard InChI is InChI=1S/C42H26O8/c1-5-39(43)47-35-23-17-31(18-24-35)14-11-29-9-12-30(13-10-29)15-21-33-27-38(50-42(46)8-4)34(28-37(33)49-41(45)7-3)22-16-32-19-25-36(26-20-32)48-40(44)6-2/h5-10,12-13,17-20,23-28H,1-4H2. The van der Waals surface area contributed by atoms with Gasteiger partial charge in [-0.2, -0.15) is 0 Å². The largest absolute Gasteiger partial charge is 0.423 e. The second-order valence-corrected chi connectivity index (χ2v) is 9.72. The highest BCUT2D eigenvalue weighted by Crippen LogP contribution is 2.29. The molecule has 0 saturated carbocycles. The van der Waals surface area contributed by atoms with E-state index in [0.717, 1.165) is 35.4 Å². The molecule has 0 saturated heterocycles. The minimum Gasteiger partial charge on any atom is -0.423 e. The van der Waals surface area contributed by atoms with Gasteiger partial charge in [0, 0.05) is 58.7 Å². The van der Waals surface area contributed by atoms with Crippen LogP contribution < -0.4 is 18.9 Å². The smallest absolute Gasteiger partial charge is 0.335 e. The van der Waals surface area contributed by atoms with Gasteiger partial charge in [0.15, 0.2) is 0 Å². The molecule has 0 aliphatic rings. The summed E-state index contributed by atoms with van der Waals surface area (Å²) in [6, 6.07) is 23.1. The molecule has 0 aliphatic heterocycles. The summed E-state index contributed by atoms with van der Waals surface area (Å²) in [7, 11) is 0. The molecule has 0 amide bonds. The van der Waals surface area contributed by atoms with Gasteiger partial charge in [-0.15, -0.1) is 0 Å². The first-order valence-electron chi connectivity index (χ1n) is 14.6. The lowest BCUT2D eigenvalue weighted by molar-refractivity contribution is -0.130. The lowest BCUT2D eigenvalue weighted by Gasteiger charge is -2.10. The molecule has 0 fully saturated rings. The van der Waals surface area contributed by atoms with Gasteiger partial charge in [-0.3, -0.25) is 0 Å². The second kappa shape index (κ2) is 17.4. The van der Waals surface area contributed by atoms with Crippen molar-refractivity contribution in [2.75, 3.05) is 0 Å². The van der Waals surface area contributed by atoms with E-state index < -0.39 is 23.9 Å². The molecule has 4 aromatic carbocycles. The van der Waals surface area contributed by atoms with Crippen LogP contribution in [0.1, 0.15) is 33.4 Å². The Morgan fingerprint density at radius 1 is 0.400 bits per heavy atom. The van der Waals surface area contributed by atoms with Crippen LogP contribution in [0.2, 0.25) is 0 Å². The Balaban J connectivity index is 1.62. The predicted molar refractivity (Wildman–Crippen MR) is 187 cm³/mol. The summed E-state index contributed by atoms with van der Waals surface area (Å²) >= 11 is 0. The van der Waals surface area contributed by atoms with Crippen molar-refractivity contribution in [2.45, 2.75) is 0 Å². The maximum Gasteiger partial charge on any atom is 0.335 e. The van der Waals surface area contributed by atoms with E-state index in [9.17, 15) is 19.2 Å². The van der Waals surface area contributed by atoms with E-state index in [1.165, 1.54) is 12.1 Å². The van der Waals surface area contributed by atoms with Crippen molar-refractivity contribution in [3.63, 3.8) is 0 Å². The highest BCUT2D eigenvalue weighted by Gasteiger charge is 2.14. The zero-order valence-corrected chi connectivity index (χ0v) is 26.5. The maximum absolute atomic E-state index is 12.2. The molecule has 0 spiro atoms. The number of hydrogen-bond acceptors (Lipinski definition) is 8. The van der Waals surface area contributed by atoms with Crippen LogP contribution in [0.25, 0.3) is 0 Å². The van der Waals surface area contributed by atoms with Crippen molar-refractivity contribution >= 4 is 23.9 Å². The molecule has 4 aromatic rings. The summed E-state index contributed by atoms with van der Waals surface area (Å²) < 4.78 is 21.0. The van der Waals surface area contributed by atoms with Crippen molar-refractivity contribution in [3.8, 4) is 58.5 Å². The number of ether oxygens (including phenoxy) is 4. The van der Waals surface area contributed by atoms with Gasteiger partial charge in [0.25, 0.3) is 0 Å². The first-order valence-corrected chi connectivity index (χ1v) is 14.6. The monoisotopic (exact) mass is 658 g/mol. The molecule has 0 bridgehead atoms.